The first-order chi connectivity index (χ1) is 8.33. The SMILES string of the molecule is O=C(CC1CCCC1)C1Cc2ccccc2O1. The van der Waals surface area contributed by atoms with Gasteiger partial charge in [-0.15, -0.1) is 0 Å². The van der Waals surface area contributed by atoms with E-state index in [9.17, 15) is 4.79 Å². The highest BCUT2D eigenvalue weighted by atomic mass is 16.5. The van der Waals surface area contributed by atoms with E-state index < -0.39 is 0 Å². The molecular weight excluding hydrogens is 212 g/mol. The fraction of sp³-hybridized carbons (Fsp3) is 0.533. The monoisotopic (exact) mass is 230 g/mol. The Hall–Kier alpha value is -1.31. The fourth-order valence-corrected chi connectivity index (χ4v) is 2.99. The van der Waals surface area contributed by atoms with Crippen molar-refractivity contribution in [2.75, 3.05) is 0 Å². The minimum atomic E-state index is -0.215. The Labute approximate surface area is 102 Å². The van der Waals surface area contributed by atoms with E-state index in [0.717, 1.165) is 18.6 Å². The molecule has 0 spiro atoms. The number of fused-ring (bicyclic) bond motifs is 1. The number of benzene rings is 1. The largest absolute Gasteiger partial charge is 0.482 e. The van der Waals surface area contributed by atoms with E-state index >= 15 is 0 Å². The Morgan fingerprint density at radius 3 is 2.76 bits per heavy atom. The molecule has 2 aliphatic rings. The molecule has 0 N–H and O–H groups in total. The van der Waals surface area contributed by atoms with E-state index in [1.165, 1.54) is 31.2 Å². The van der Waals surface area contributed by atoms with Crippen LogP contribution in [0.5, 0.6) is 5.75 Å². The van der Waals surface area contributed by atoms with Gasteiger partial charge < -0.3 is 4.74 Å². The molecule has 1 atom stereocenters. The highest BCUT2D eigenvalue weighted by Crippen LogP contribution is 2.32. The predicted molar refractivity (Wildman–Crippen MR) is 66.1 cm³/mol. The van der Waals surface area contributed by atoms with Gasteiger partial charge in [0, 0.05) is 12.8 Å². The molecule has 0 saturated heterocycles. The zero-order valence-electron chi connectivity index (χ0n) is 10.0. The second kappa shape index (κ2) is 4.52. The first kappa shape index (κ1) is 10.8. The Balaban J connectivity index is 1.62. The van der Waals surface area contributed by atoms with Crippen molar-refractivity contribution in [3.8, 4) is 5.75 Å². The molecule has 0 bridgehead atoms. The standard InChI is InChI=1S/C15H18O2/c16-13(9-11-5-1-2-6-11)15-10-12-7-3-4-8-14(12)17-15/h3-4,7-8,11,15H,1-2,5-6,9-10H2. The second-order valence-electron chi connectivity index (χ2n) is 5.24. The summed E-state index contributed by atoms with van der Waals surface area (Å²) in [5.41, 5.74) is 1.18. The maximum absolute atomic E-state index is 12.1. The predicted octanol–water partition coefficient (Wildman–Crippen LogP) is 3.14. The second-order valence-corrected chi connectivity index (χ2v) is 5.24. The van der Waals surface area contributed by atoms with E-state index in [0.29, 0.717) is 11.7 Å². The number of hydrogen-bond donors (Lipinski definition) is 0. The molecular formula is C15H18O2. The summed E-state index contributed by atoms with van der Waals surface area (Å²) in [6.07, 6.45) is 6.32. The minimum Gasteiger partial charge on any atom is -0.482 e. The molecule has 1 aromatic carbocycles. The Kier molecular flexibility index (Phi) is 2.87. The van der Waals surface area contributed by atoms with Crippen LogP contribution in [0.25, 0.3) is 0 Å². The number of hydrogen-bond acceptors (Lipinski definition) is 2. The summed E-state index contributed by atoms with van der Waals surface area (Å²) in [5.74, 6) is 1.82. The zero-order valence-corrected chi connectivity index (χ0v) is 10.0. The Morgan fingerprint density at radius 1 is 1.24 bits per heavy atom. The van der Waals surface area contributed by atoms with Crippen LogP contribution >= 0.6 is 0 Å². The maximum Gasteiger partial charge on any atom is 0.173 e. The van der Waals surface area contributed by atoms with Gasteiger partial charge in [-0.2, -0.15) is 0 Å². The summed E-state index contributed by atoms with van der Waals surface area (Å²) in [5, 5.41) is 0. The molecule has 0 radical (unpaired) electrons. The van der Waals surface area contributed by atoms with Gasteiger partial charge in [0.25, 0.3) is 0 Å². The summed E-state index contributed by atoms with van der Waals surface area (Å²) in [4.78, 5) is 12.1. The van der Waals surface area contributed by atoms with Crippen molar-refractivity contribution in [2.45, 2.75) is 44.6 Å². The van der Waals surface area contributed by atoms with Crippen LogP contribution in [0.15, 0.2) is 24.3 Å². The molecule has 0 amide bonds. The Morgan fingerprint density at radius 2 is 2.00 bits per heavy atom. The number of rotatable bonds is 3. The van der Waals surface area contributed by atoms with Gasteiger partial charge in [0.2, 0.25) is 0 Å². The molecule has 1 heterocycles. The molecule has 1 unspecified atom stereocenters. The lowest BCUT2D eigenvalue weighted by Crippen LogP contribution is -2.26. The van der Waals surface area contributed by atoms with Crippen molar-refractivity contribution in [1.29, 1.82) is 0 Å². The van der Waals surface area contributed by atoms with E-state index in [2.05, 4.69) is 6.07 Å². The van der Waals surface area contributed by atoms with E-state index in [4.69, 9.17) is 4.74 Å². The molecule has 1 fully saturated rings. The molecule has 2 nitrogen and oxygen atoms in total. The number of carbonyl (C=O) groups excluding carboxylic acids is 1. The first-order valence-corrected chi connectivity index (χ1v) is 6.60. The average molecular weight is 230 g/mol. The van der Waals surface area contributed by atoms with Crippen LogP contribution in [-0.2, 0) is 11.2 Å². The van der Waals surface area contributed by atoms with Crippen LogP contribution in [0.2, 0.25) is 0 Å². The lowest BCUT2D eigenvalue weighted by Gasteiger charge is -2.12. The average Bonchev–Trinajstić information content (AvgIpc) is 2.96. The van der Waals surface area contributed by atoms with Crippen molar-refractivity contribution >= 4 is 5.78 Å². The summed E-state index contributed by atoms with van der Waals surface area (Å²) in [7, 11) is 0. The molecule has 0 aromatic heterocycles. The number of Topliss-reactive ketones (excluding diaryl/α,β-unsaturated/α-hetero) is 1. The normalized spacial score (nSPS) is 23.4. The third-order valence-electron chi connectivity index (χ3n) is 3.97. The molecule has 1 aliphatic heterocycles. The van der Waals surface area contributed by atoms with Crippen LogP contribution in [-0.4, -0.2) is 11.9 Å². The molecule has 2 heteroatoms. The highest BCUT2D eigenvalue weighted by Gasteiger charge is 2.30. The van der Waals surface area contributed by atoms with Gasteiger partial charge in [-0.05, 0) is 17.5 Å². The molecule has 1 aliphatic carbocycles. The third-order valence-corrected chi connectivity index (χ3v) is 3.97. The number of carbonyl (C=O) groups is 1. The smallest absolute Gasteiger partial charge is 0.173 e. The quantitative estimate of drug-likeness (QED) is 0.797. The topological polar surface area (TPSA) is 26.3 Å². The van der Waals surface area contributed by atoms with Crippen molar-refractivity contribution in [3.05, 3.63) is 29.8 Å². The summed E-state index contributed by atoms with van der Waals surface area (Å²) < 4.78 is 5.73. The minimum absolute atomic E-state index is 0.215. The lowest BCUT2D eigenvalue weighted by atomic mass is 9.96. The van der Waals surface area contributed by atoms with Crippen LogP contribution in [0.4, 0.5) is 0 Å². The first-order valence-electron chi connectivity index (χ1n) is 6.60. The fourth-order valence-electron chi connectivity index (χ4n) is 2.99. The number of ether oxygens (including phenoxy) is 1. The maximum atomic E-state index is 12.1. The van der Waals surface area contributed by atoms with Crippen LogP contribution in [0, 0.1) is 5.92 Å². The summed E-state index contributed by atoms with van der Waals surface area (Å²) in [6.45, 7) is 0. The number of ketones is 1. The van der Waals surface area contributed by atoms with Crippen molar-refractivity contribution in [3.63, 3.8) is 0 Å². The van der Waals surface area contributed by atoms with Crippen LogP contribution in [0.3, 0.4) is 0 Å². The summed E-state index contributed by atoms with van der Waals surface area (Å²) in [6, 6.07) is 7.98. The van der Waals surface area contributed by atoms with Crippen LogP contribution < -0.4 is 4.74 Å². The van der Waals surface area contributed by atoms with Crippen molar-refractivity contribution < 1.29 is 9.53 Å². The van der Waals surface area contributed by atoms with Gasteiger partial charge in [-0.25, -0.2) is 0 Å². The van der Waals surface area contributed by atoms with Crippen LogP contribution in [0.1, 0.15) is 37.7 Å². The van der Waals surface area contributed by atoms with Gasteiger partial charge in [0.15, 0.2) is 11.9 Å². The lowest BCUT2D eigenvalue weighted by molar-refractivity contribution is -0.126. The van der Waals surface area contributed by atoms with Gasteiger partial charge in [-0.1, -0.05) is 43.9 Å². The number of para-hydroxylation sites is 1. The highest BCUT2D eigenvalue weighted by molar-refractivity contribution is 5.84. The van der Waals surface area contributed by atoms with Gasteiger partial charge >= 0.3 is 0 Å². The van der Waals surface area contributed by atoms with E-state index in [-0.39, 0.29) is 6.10 Å². The molecule has 1 saturated carbocycles. The van der Waals surface area contributed by atoms with Crippen molar-refractivity contribution in [2.24, 2.45) is 5.92 Å². The molecule has 3 rings (SSSR count). The molecule has 1 aromatic rings. The Bertz CT molecular complexity index is 394. The van der Waals surface area contributed by atoms with Gasteiger partial charge in [-0.3, -0.25) is 4.79 Å². The zero-order chi connectivity index (χ0) is 11.7. The third kappa shape index (κ3) is 2.21. The van der Waals surface area contributed by atoms with Gasteiger partial charge in [0.05, 0.1) is 0 Å². The van der Waals surface area contributed by atoms with E-state index in [1.54, 1.807) is 0 Å². The van der Waals surface area contributed by atoms with Gasteiger partial charge in [0.1, 0.15) is 5.75 Å². The summed E-state index contributed by atoms with van der Waals surface area (Å²) >= 11 is 0. The molecule has 17 heavy (non-hydrogen) atoms. The van der Waals surface area contributed by atoms with Crippen molar-refractivity contribution in [1.82, 2.24) is 0 Å². The molecule has 90 valence electrons. The van der Waals surface area contributed by atoms with E-state index in [1.807, 2.05) is 18.2 Å².